The Kier molecular flexibility index (Phi) is 7.22. The van der Waals surface area contributed by atoms with Crippen LogP contribution in [0.4, 0.5) is 0 Å². The molecule has 0 radical (unpaired) electrons. The Bertz CT molecular complexity index is 1270. The fraction of sp³-hybridized carbons (Fsp3) is 0.214. The zero-order chi connectivity index (χ0) is 24.8. The van der Waals surface area contributed by atoms with Crippen molar-refractivity contribution < 1.29 is 23.7 Å². The van der Waals surface area contributed by atoms with E-state index in [-0.39, 0.29) is 5.88 Å². The lowest BCUT2D eigenvalue weighted by Crippen LogP contribution is -2.21. The molecule has 0 amide bonds. The van der Waals surface area contributed by atoms with Gasteiger partial charge in [0.25, 0.3) is 0 Å². The minimum absolute atomic E-state index is 0.0185. The third kappa shape index (κ3) is 5.22. The van der Waals surface area contributed by atoms with Crippen molar-refractivity contribution in [2.75, 3.05) is 13.2 Å². The van der Waals surface area contributed by atoms with Crippen LogP contribution in [0.1, 0.15) is 47.7 Å². The summed E-state index contributed by atoms with van der Waals surface area (Å²) in [6.45, 7) is 5.12. The average molecular weight is 471 g/mol. The fourth-order valence-corrected chi connectivity index (χ4v) is 3.84. The van der Waals surface area contributed by atoms with Gasteiger partial charge in [0, 0.05) is 11.6 Å². The second kappa shape index (κ2) is 10.7. The molecule has 1 atom stereocenters. The summed E-state index contributed by atoms with van der Waals surface area (Å²) in [7, 11) is 0. The van der Waals surface area contributed by atoms with E-state index in [4.69, 9.17) is 24.7 Å². The van der Waals surface area contributed by atoms with Gasteiger partial charge in [-0.05, 0) is 61.4 Å². The monoisotopic (exact) mass is 470 g/mol. The van der Waals surface area contributed by atoms with Crippen molar-refractivity contribution >= 4 is 5.97 Å². The van der Waals surface area contributed by atoms with Gasteiger partial charge in [-0.25, -0.2) is 4.79 Å². The van der Waals surface area contributed by atoms with E-state index in [1.165, 1.54) is 0 Å². The van der Waals surface area contributed by atoms with E-state index in [0.717, 1.165) is 23.3 Å². The summed E-state index contributed by atoms with van der Waals surface area (Å²) in [5, 5.41) is 9.75. The van der Waals surface area contributed by atoms with E-state index in [9.17, 15) is 10.1 Å². The number of nitrogens with zero attached hydrogens (tertiary/aromatic N) is 1. The van der Waals surface area contributed by atoms with Crippen LogP contribution in [0.2, 0.25) is 0 Å². The molecule has 7 heteroatoms. The highest BCUT2D eigenvalue weighted by atomic mass is 16.5. The minimum atomic E-state index is -0.507. The first-order chi connectivity index (χ1) is 17.0. The zero-order valence-corrected chi connectivity index (χ0v) is 19.6. The molecule has 0 saturated carbocycles. The number of benzene rings is 3. The van der Waals surface area contributed by atoms with E-state index in [2.05, 4.69) is 6.07 Å². The molecule has 0 fully saturated rings. The van der Waals surface area contributed by atoms with Crippen LogP contribution in [0.25, 0.3) is 0 Å². The van der Waals surface area contributed by atoms with Crippen LogP contribution in [-0.2, 0) is 0 Å². The van der Waals surface area contributed by atoms with Gasteiger partial charge in [-0.3, -0.25) is 0 Å². The number of fused-ring (bicyclic) bond motifs is 1. The quantitative estimate of drug-likeness (QED) is 0.351. The minimum Gasteiger partial charge on any atom is -0.494 e. The van der Waals surface area contributed by atoms with Crippen molar-refractivity contribution in [3.63, 3.8) is 0 Å². The number of ether oxygens (including phenoxy) is 4. The Morgan fingerprint density at radius 2 is 1.63 bits per heavy atom. The highest BCUT2D eigenvalue weighted by Crippen LogP contribution is 2.43. The second-order valence-electron chi connectivity index (χ2n) is 7.89. The molecule has 4 rings (SSSR count). The topological polar surface area (TPSA) is 104 Å². The molecular formula is C28H26N2O5. The van der Waals surface area contributed by atoms with E-state index in [0.29, 0.717) is 41.6 Å². The molecule has 35 heavy (non-hydrogen) atoms. The molecule has 0 aliphatic carbocycles. The molecule has 2 N–H and O–H groups in total. The number of hydrogen-bond acceptors (Lipinski definition) is 7. The van der Waals surface area contributed by atoms with Gasteiger partial charge in [0.2, 0.25) is 5.88 Å². The number of rotatable bonds is 8. The fourth-order valence-electron chi connectivity index (χ4n) is 3.84. The van der Waals surface area contributed by atoms with Gasteiger partial charge in [-0.2, -0.15) is 5.26 Å². The van der Waals surface area contributed by atoms with Gasteiger partial charge < -0.3 is 24.7 Å². The van der Waals surface area contributed by atoms with Crippen LogP contribution >= 0.6 is 0 Å². The normalized spacial score (nSPS) is 14.4. The molecule has 0 saturated heterocycles. The zero-order valence-electron chi connectivity index (χ0n) is 19.6. The SMILES string of the molecule is CCCOc1ccc(C(=O)Oc2ccc3c(c2)OC(N)=C(C#N)C3c2ccc(OCC)cc2)cc1. The van der Waals surface area contributed by atoms with Gasteiger partial charge in [0.05, 0.1) is 24.7 Å². The second-order valence-corrected chi connectivity index (χ2v) is 7.89. The lowest BCUT2D eigenvalue weighted by Gasteiger charge is -2.26. The predicted molar refractivity (Wildman–Crippen MR) is 131 cm³/mol. The Balaban J connectivity index is 1.57. The van der Waals surface area contributed by atoms with Crippen LogP contribution in [0.15, 0.2) is 78.2 Å². The van der Waals surface area contributed by atoms with Crippen molar-refractivity contribution in [3.8, 4) is 29.1 Å². The molecule has 1 aliphatic heterocycles. The first-order valence-electron chi connectivity index (χ1n) is 11.4. The smallest absolute Gasteiger partial charge is 0.343 e. The number of hydrogen-bond donors (Lipinski definition) is 1. The summed E-state index contributed by atoms with van der Waals surface area (Å²) in [5.41, 5.74) is 8.42. The summed E-state index contributed by atoms with van der Waals surface area (Å²) < 4.78 is 22.4. The average Bonchev–Trinajstić information content (AvgIpc) is 2.87. The van der Waals surface area contributed by atoms with Crippen molar-refractivity contribution in [2.45, 2.75) is 26.2 Å². The third-order valence-electron chi connectivity index (χ3n) is 5.49. The van der Waals surface area contributed by atoms with Crippen molar-refractivity contribution in [1.82, 2.24) is 0 Å². The summed E-state index contributed by atoms with van der Waals surface area (Å²) in [4.78, 5) is 12.6. The first kappa shape index (κ1) is 23.7. The molecule has 3 aromatic carbocycles. The van der Waals surface area contributed by atoms with Crippen LogP contribution in [-0.4, -0.2) is 19.2 Å². The first-order valence-corrected chi connectivity index (χ1v) is 11.4. The number of nitriles is 1. The Hall–Kier alpha value is -4.44. The Labute approximate surface area is 204 Å². The van der Waals surface area contributed by atoms with E-state index < -0.39 is 11.9 Å². The Morgan fingerprint density at radius 1 is 0.971 bits per heavy atom. The number of allylic oxidation sites excluding steroid dienone is 1. The molecule has 0 aromatic heterocycles. The van der Waals surface area contributed by atoms with Crippen molar-refractivity contribution in [3.05, 3.63) is 94.9 Å². The largest absolute Gasteiger partial charge is 0.494 e. The van der Waals surface area contributed by atoms with Crippen LogP contribution < -0.4 is 24.7 Å². The number of nitrogens with two attached hydrogens (primary N) is 1. The van der Waals surface area contributed by atoms with Crippen LogP contribution in [0.5, 0.6) is 23.0 Å². The molecule has 1 aliphatic rings. The maximum Gasteiger partial charge on any atom is 0.343 e. The molecule has 3 aromatic rings. The molecule has 0 bridgehead atoms. The maximum atomic E-state index is 12.6. The van der Waals surface area contributed by atoms with E-state index in [1.54, 1.807) is 42.5 Å². The van der Waals surface area contributed by atoms with Gasteiger partial charge in [-0.1, -0.05) is 25.1 Å². The maximum absolute atomic E-state index is 12.6. The van der Waals surface area contributed by atoms with Crippen LogP contribution in [0.3, 0.4) is 0 Å². The van der Waals surface area contributed by atoms with Gasteiger partial charge in [-0.15, -0.1) is 0 Å². The number of carbonyl (C=O) groups excluding carboxylic acids is 1. The van der Waals surface area contributed by atoms with Gasteiger partial charge in [0.1, 0.15) is 34.6 Å². The van der Waals surface area contributed by atoms with Crippen LogP contribution in [0, 0.1) is 11.3 Å². The molecule has 178 valence electrons. The molecule has 1 heterocycles. The Morgan fingerprint density at radius 3 is 2.29 bits per heavy atom. The van der Waals surface area contributed by atoms with E-state index >= 15 is 0 Å². The number of esters is 1. The predicted octanol–water partition coefficient (Wildman–Crippen LogP) is 5.31. The highest BCUT2D eigenvalue weighted by molar-refractivity contribution is 5.91. The number of carbonyl (C=O) groups is 1. The van der Waals surface area contributed by atoms with Gasteiger partial charge >= 0.3 is 5.97 Å². The molecule has 1 unspecified atom stereocenters. The van der Waals surface area contributed by atoms with Crippen molar-refractivity contribution in [1.29, 1.82) is 5.26 Å². The standard InChI is InChI=1S/C28H26N2O5/c1-3-15-33-21-11-7-19(8-12-21)28(31)34-22-13-14-23-25(16-22)35-27(30)24(17-29)26(23)18-5-9-20(10-6-18)32-4-2/h5-14,16,26H,3-4,15,30H2,1-2H3. The molecular weight excluding hydrogens is 444 g/mol. The lowest BCUT2D eigenvalue weighted by molar-refractivity contribution is 0.0734. The summed E-state index contributed by atoms with van der Waals surface area (Å²) >= 11 is 0. The van der Waals surface area contributed by atoms with Crippen molar-refractivity contribution in [2.24, 2.45) is 5.73 Å². The lowest BCUT2D eigenvalue weighted by atomic mass is 9.83. The molecule has 0 spiro atoms. The summed E-state index contributed by atoms with van der Waals surface area (Å²) in [6.07, 6.45) is 0.902. The highest BCUT2D eigenvalue weighted by Gasteiger charge is 2.31. The van der Waals surface area contributed by atoms with Gasteiger partial charge in [0.15, 0.2) is 0 Å². The summed E-state index contributed by atoms with van der Waals surface area (Å²) in [6, 6.07) is 21.5. The summed E-state index contributed by atoms with van der Waals surface area (Å²) in [5.74, 6) is 1.26. The van der Waals surface area contributed by atoms with E-state index in [1.807, 2.05) is 38.1 Å². The third-order valence-corrected chi connectivity index (χ3v) is 5.49. The molecule has 7 nitrogen and oxygen atoms in total.